The molecule has 6 aromatic carbocycles. The Kier molecular flexibility index (Phi) is 6.35. The van der Waals surface area contributed by atoms with E-state index in [9.17, 15) is 0 Å². The molecule has 234 valence electrons. The summed E-state index contributed by atoms with van der Waals surface area (Å²) in [5.74, 6) is 2.32. The lowest BCUT2D eigenvalue weighted by molar-refractivity contribution is 0.667. The Morgan fingerprint density at radius 2 is 0.840 bits per heavy atom. The Hall–Kier alpha value is -6.99. The van der Waals surface area contributed by atoms with E-state index in [1.807, 2.05) is 140 Å². The van der Waals surface area contributed by atoms with Gasteiger partial charge in [-0.15, -0.1) is 0 Å². The van der Waals surface area contributed by atoms with Crippen LogP contribution < -0.4 is 0 Å². The van der Waals surface area contributed by atoms with Crippen LogP contribution in [0.3, 0.4) is 0 Å². The van der Waals surface area contributed by atoms with E-state index in [1.54, 1.807) is 0 Å². The molecule has 10 rings (SSSR count). The summed E-state index contributed by atoms with van der Waals surface area (Å²) in [6.07, 6.45) is 0. The van der Waals surface area contributed by atoms with E-state index in [1.165, 1.54) is 0 Å². The van der Waals surface area contributed by atoms with Crippen molar-refractivity contribution in [2.45, 2.75) is 0 Å². The molecule has 7 nitrogen and oxygen atoms in total. The molecule has 4 heterocycles. The molecule has 0 bridgehead atoms. The molecule has 7 heteroatoms. The summed E-state index contributed by atoms with van der Waals surface area (Å²) in [4.78, 5) is 25.0. The van der Waals surface area contributed by atoms with Crippen LogP contribution in [-0.4, -0.2) is 24.9 Å². The zero-order chi connectivity index (χ0) is 33.0. The molecule has 0 aliphatic carbocycles. The van der Waals surface area contributed by atoms with Gasteiger partial charge in [0, 0.05) is 38.4 Å². The Balaban J connectivity index is 1.23. The highest BCUT2D eigenvalue weighted by Gasteiger charge is 2.23. The third-order valence-electron chi connectivity index (χ3n) is 8.97. The van der Waals surface area contributed by atoms with Gasteiger partial charge in [0.25, 0.3) is 0 Å². The number of hydrogen-bond donors (Lipinski definition) is 0. The third-order valence-corrected chi connectivity index (χ3v) is 8.97. The average Bonchev–Trinajstić information content (AvgIpc) is 3.77. The van der Waals surface area contributed by atoms with E-state index in [2.05, 4.69) is 12.1 Å². The minimum absolute atomic E-state index is 0.525. The SMILES string of the molecule is c1ccc(-c2nc(-c3ccccc3)nc(-c3cccc4c3oc3cccc(-c5nc(-c6ccccc6)nc6c5oc5ccccc56)c34)n2)cc1. The first kappa shape index (κ1) is 28.1. The van der Waals surface area contributed by atoms with Crippen molar-refractivity contribution >= 4 is 44.0 Å². The van der Waals surface area contributed by atoms with Crippen LogP contribution in [0.2, 0.25) is 0 Å². The molecule has 0 N–H and O–H groups in total. The van der Waals surface area contributed by atoms with Gasteiger partial charge in [-0.1, -0.05) is 127 Å². The van der Waals surface area contributed by atoms with Crippen molar-refractivity contribution in [2.24, 2.45) is 0 Å². The molecule has 0 amide bonds. The van der Waals surface area contributed by atoms with Crippen molar-refractivity contribution in [1.82, 2.24) is 24.9 Å². The highest BCUT2D eigenvalue weighted by Crippen LogP contribution is 2.43. The highest BCUT2D eigenvalue weighted by atomic mass is 16.3. The fraction of sp³-hybridized carbons (Fsp3) is 0. The minimum Gasteiger partial charge on any atom is -0.455 e. The van der Waals surface area contributed by atoms with E-state index in [4.69, 9.17) is 33.8 Å². The lowest BCUT2D eigenvalue weighted by Crippen LogP contribution is -2.00. The van der Waals surface area contributed by atoms with Gasteiger partial charge >= 0.3 is 0 Å². The monoisotopic (exact) mass is 643 g/mol. The first-order chi connectivity index (χ1) is 24.8. The summed E-state index contributed by atoms with van der Waals surface area (Å²) < 4.78 is 13.2. The van der Waals surface area contributed by atoms with Gasteiger partial charge in [-0.05, 0) is 24.3 Å². The predicted octanol–water partition coefficient (Wildman–Crippen LogP) is 10.8. The number of aromatic nitrogens is 5. The Bertz CT molecular complexity index is 2810. The van der Waals surface area contributed by atoms with Crippen LogP contribution in [0.15, 0.2) is 160 Å². The molecular weight excluding hydrogens is 619 g/mol. The summed E-state index contributed by atoms with van der Waals surface area (Å²) in [5.41, 5.74) is 8.62. The van der Waals surface area contributed by atoms with E-state index >= 15 is 0 Å². The number of hydrogen-bond acceptors (Lipinski definition) is 7. The number of benzene rings is 6. The Morgan fingerprint density at radius 3 is 1.52 bits per heavy atom. The topological polar surface area (TPSA) is 90.7 Å². The van der Waals surface area contributed by atoms with Crippen LogP contribution in [0.25, 0.3) is 101 Å². The Morgan fingerprint density at radius 1 is 0.340 bits per heavy atom. The first-order valence-electron chi connectivity index (χ1n) is 16.3. The maximum absolute atomic E-state index is 6.70. The molecule has 0 saturated carbocycles. The molecule has 0 aliphatic heterocycles. The molecule has 0 radical (unpaired) electrons. The molecule has 0 aliphatic rings. The summed E-state index contributed by atoms with van der Waals surface area (Å²) >= 11 is 0. The summed E-state index contributed by atoms with van der Waals surface area (Å²) in [5, 5.41) is 2.78. The maximum Gasteiger partial charge on any atom is 0.180 e. The van der Waals surface area contributed by atoms with Gasteiger partial charge in [0.2, 0.25) is 0 Å². The van der Waals surface area contributed by atoms with Crippen LogP contribution in [0.1, 0.15) is 0 Å². The molecule has 0 fully saturated rings. The van der Waals surface area contributed by atoms with Crippen LogP contribution in [0, 0.1) is 0 Å². The molecular formula is C43H25N5O2. The van der Waals surface area contributed by atoms with Gasteiger partial charge in [0.1, 0.15) is 28.0 Å². The van der Waals surface area contributed by atoms with E-state index in [-0.39, 0.29) is 0 Å². The van der Waals surface area contributed by atoms with Crippen LogP contribution in [-0.2, 0) is 0 Å². The fourth-order valence-corrected chi connectivity index (χ4v) is 6.64. The smallest absolute Gasteiger partial charge is 0.180 e. The van der Waals surface area contributed by atoms with Crippen molar-refractivity contribution in [1.29, 1.82) is 0 Å². The highest BCUT2D eigenvalue weighted by molar-refractivity contribution is 6.17. The second kappa shape index (κ2) is 11.3. The van der Waals surface area contributed by atoms with E-state index in [0.717, 1.165) is 60.7 Å². The van der Waals surface area contributed by atoms with Crippen molar-refractivity contribution in [3.05, 3.63) is 152 Å². The van der Waals surface area contributed by atoms with E-state index in [0.29, 0.717) is 40.2 Å². The number of furan rings is 2. The minimum atomic E-state index is 0.525. The average molecular weight is 644 g/mol. The molecule has 4 aromatic heterocycles. The number of nitrogens with zero attached hydrogens (tertiary/aromatic N) is 5. The molecule has 50 heavy (non-hydrogen) atoms. The van der Waals surface area contributed by atoms with Crippen molar-refractivity contribution in [3.63, 3.8) is 0 Å². The van der Waals surface area contributed by atoms with Crippen molar-refractivity contribution in [3.8, 4) is 56.8 Å². The largest absolute Gasteiger partial charge is 0.455 e. The van der Waals surface area contributed by atoms with Crippen LogP contribution >= 0.6 is 0 Å². The van der Waals surface area contributed by atoms with Crippen LogP contribution in [0.4, 0.5) is 0 Å². The molecule has 0 atom stereocenters. The lowest BCUT2D eigenvalue weighted by Gasteiger charge is -2.09. The van der Waals surface area contributed by atoms with E-state index < -0.39 is 0 Å². The number of fused-ring (bicyclic) bond motifs is 6. The Labute approximate surface area is 285 Å². The predicted molar refractivity (Wildman–Crippen MR) is 197 cm³/mol. The van der Waals surface area contributed by atoms with Crippen molar-refractivity contribution in [2.75, 3.05) is 0 Å². The fourth-order valence-electron chi connectivity index (χ4n) is 6.64. The zero-order valence-electron chi connectivity index (χ0n) is 26.5. The quantitative estimate of drug-likeness (QED) is 0.184. The summed E-state index contributed by atoms with van der Waals surface area (Å²) in [6, 6.07) is 50.0. The first-order valence-corrected chi connectivity index (χ1v) is 16.3. The van der Waals surface area contributed by atoms with Gasteiger partial charge in [-0.25, -0.2) is 24.9 Å². The van der Waals surface area contributed by atoms with Gasteiger partial charge in [-0.2, -0.15) is 0 Å². The maximum atomic E-state index is 6.70. The van der Waals surface area contributed by atoms with Gasteiger partial charge in [0.15, 0.2) is 28.9 Å². The molecule has 10 aromatic rings. The van der Waals surface area contributed by atoms with Crippen LogP contribution in [0.5, 0.6) is 0 Å². The molecule has 0 unspecified atom stereocenters. The zero-order valence-corrected chi connectivity index (χ0v) is 26.5. The summed E-state index contributed by atoms with van der Waals surface area (Å²) in [6.45, 7) is 0. The normalized spacial score (nSPS) is 11.6. The second-order valence-corrected chi connectivity index (χ2v) is 12.0. The van der Waals surface area contributed by atoms with Gasteiger partial charge < -0.3 is 8.83 Å². The molecule has 0 saturated heterocycles. The summed E-state index contributed by atoms with van der Waals surface area (Å²) in [7, 11) is 0. The van der Waals surface area contributed by atoms with Crippen molar-refractivity contribution < 1.29 is 8.83 Å². The molecule has 0 spiro atoms. The standard InChI is InChI=1S/C43H25N5O2/c1-4-14-26(15-5-1)40-44-36-29-20-10-11-24-33(29)49-39(36)37(45-40)30-21-13-25-34-35(30)31-22-12-23-32(38(31)50-34)43-47-41(27-16-6-2-7-17-27)46-42(48-43)28-18-8-3-9-19-28/h1-25H. The van der Waals surface area contributed by atoms with Gasteiger partial charge in [-0.3, -0.25) is 0 Å². The number of rotatable bonds is 5. The lowest BCUT2D eigenvalue weighted by atomic mass is 10.0. The van der Waals surface area contributed by atoms with Gasteiger partial charge in [0.05, 0.1) is 5.56 Å². The third kappa shape index (κ3) is 4.56. The second-order valence-electron chi connectivity index (χ2n) is 12.0. The number of para-hydroxylation sites is 2.